The van der Waals surface area contributed by atoms with Crippen molar-refractivity contribution < 1.29 is 26.3 Å². The van der Waals surface area contributed by atoms with Crippen LogP contribution in [0.4, 0.5) is 26.3 Å². The molecule has 1 saturated carbocycles. The van der Waals surface area contributed by atoms with Crippen molar-refractivity contribution >= 4 is 0 Å². The number of aryl methyl sites for hydroxylation is 1. The predicted molar refractivity (Wildman–Crippen MR) is 108 cm³/mol. The third-order valence-electron chi connectivity index (χ3n) is 6.79. The van der Waals surface area contributed by atoms with Crippen LogP contribution < -0.4 is 0 Å². The first-order valence-electron chi connectivity index (χ1n) is 11.2. The molecule has 172 valence electrons. The molecule has 2 atom stereocenters. The van der Waals surface area contributed by atoms with Gasteiger partial charge in [-0.2, -0.15) is 13.2 Å². The molecule has 0 aliphatic heterocycles. The summed E-state index contributed by atoms with van der Waals surface area (Å²) in [6, 6.07) is 5.99. The second-order valence-corrected chi connectivity index (χ2v) is 8.85. The lowest BCUT2D eigenvalue weighted by molar-refractivity contribution is -0.193. The fourth-order valence-corrected chi connectivity index (χ4v) is 4.57. The summed E-state index contributed by atoms with van der Waals surface area (Å²) in [6.07, 6.45) is -1.09. The molecule has 0 spiro atoms. The molecule has 0 nitrogen and oxygen atoms in total. The molecule has 1 aromatic carbocycles. The van der Waals surface area contributed by atoms with Crippen molar-refractivity contribution in [2.45, 2.75) is 96.3 Å². The second kappa shape index (κ2) is 10.9. The van der Waals surface area contributed by atoms with E-state index in [1.807, 2.05) is 0 Å². The normalized spacial score (nSPS) is 22.7. The SMILES string of the molecule is CCC1CCC(CCc2ccc(C(F)(F)CCC(F)C(CC)C(F)(F)F)cc2)CC1. The van der Waals surface area contributed by atoms with Crippen LogP contribution in [0.2, 0.25) is 0 Å². The van der Waals surface area contributed by atoms with Crippen molar-refractivity contribution in [3.8, 4) is 0 Å². The maximum atomic E-state index is 14.4. The van der Waals surface area contributed by atoms with Gasteiger partial charge in [-0.15, -0.1) is 0 Å². The number of hydrogen-bond acceptors (Lipinski definition) is 0. The molecular weight excluding hydrogens is 402 g/mol. The Hall–Kier alpha value is -1.20. The van der Waals surface area contributed by atoms with Gasteiger partial charge >= 0.3 is 6.18 Å². The van der Waals surface area contributed by atoms with Crippen molar-refractivity contribution in [3.05, 3.63) is 35.4 Å². The zero-order chi connectivity index (χ0) is 22.4. The van der Waals surface area contributed by atoms with E-state index in [9.17, 15) is 26.3 Å². The van der Waals surface area contributed by atoms with Gasteiger partial charge < -0.3 is 0 Å². The molecular formula is C24H34F6. The lowest BCUT2D eigenvalue weighted by atomic mass is 9.78. The van der Waals surface area contributed by atoms with Crippen molar-refractivity contribution in [1.82, 2.24) is 0 Å². The number of benzene rings is 1. The maximum absolute atomic E-state index is 14.4. The highest BCUT2D eigenvalue weighted by Gasteiger charge is 2.45. The van der Waals surface area contributed by atoms with Gasteiger partial charge in [-0.25, -0.2) is 13.2 Å². The topological polar surface area (TPSA) is 0 Å². The maximum Gasteiger partial charge on any atom is 0.394 e. The van der Waals surface area contributed by atoms with Gasteiger partial charge in [-0.05, 0) is 43.1 Å². The first-order valence-corrected chi connectivity index (χ1v) is 11.2. The minimum atomic E-state index is -4.71. The van der Waals surface area contributed by atoms with Crippen LogP contribution in [0.5, 0.6) is 0 Å². The molecule has 0 amide bonds. The molecule has 1 aliphatic carbocycles. The van der Waals surface area contributed by atoms with Crippen LogP contribution in [0.15, 0.2) is 24.3 Å². The Balaban J connectivity index is 1.85. The molecule has 0 aromatic heterocycles. The molecule has 1 aliphatic rings. The van der Waals surface area contributed by atoms with E-state index in [4.69, 9.17) is 0 Å². The summed E-state index contributed by atoms with van der Waals surface area (Å²) in [6.45, 7) is 3.45. The third kappa shape index (κ3) is 7.19. The summed E-state index contributed by atoms with van der Waals surface area (Å²) in [5.41, 5.74) is 0.723. The molecule has 1 fully saturated rings. The fraction of sp³-hybridized carbons (Fsp3) is 0.750. The molecule has 30 heavy (non-hydrogen) atoms. The molecule has 2 rings (SSSR count). The minimum absolute atomic E-state index is 0.262. The monoisotopic (exact) mass is 436 g/mol. The molecule has 0 radical (unpaired) electrons. The highest BCUT2D eigenvalue weighted by Crippen LogP contribution is 2.39. The average Bonchev–Trinajstić information content (AvgIpc) is 2.71. The first-order chi connectivity index (χ1) is 14.1. The van der Waals surface area contributed by atoms with Gasteiger partial charge in [-0.1, -0.05) is 70.2 Å². The average molecular weight is 437 g/mol. The molecule has 2 unspecified atom stereocenters. The predicted octanol–water partition coefficient (Wildman–Crippen LogP) is 8.63. The van der Waals surface area contributed by atoms with Gasteiger partial charge in [-0.3, -0.25) is 0 Å². The van der Waals surface area contributed by atoms with E-state index >= 15 is 0 Å². The van der Waals surface area contributed by atoms with Gasteiger partial charge in [0.25, 0.3) is 5.92 Å². The molecule has 0 bridgehead atoms. The molecule has 1 aromatic rings. The second-order valence-electron chi connectivity index (χ2n) is 8.85. The largest absolute Gasteiger partial charge is 0.394 e. The summed E-state index contributed by atoms with van der Waals surface area (Å²) >= 11 is 0. The van der Waals surface area contributed by atoms with Crippen molar-refractivity contribution in [3.63, 3.8) is 0 Å². The number of alkyl halides is 6. The number of rotatable bonds is 10. The number of hydrogen-bond donors (Lipinski definition) is 0. The molecule has 0 saturated heterocycles. The van der Waals surface area contributed by atoms with E-state index in [0.717, 1.165) is 24.3 Å². The van der Waals surface area contributed by atoms with Crippen LogP contribution in [0, 0.1) is 17.8 Å². The standard InChI is InChI=1S/C24H34F6/c1-3-17-5-7-18(8-6-17)9-10-19-11-13-20(14-12-19)23(26,27)16-15-22(25)21(4-2)24(28,29)30/h11-14,17-18,21-22H,3-10,15-16H2,1-2H3. The van der Waals surface area contributed by atoms with Gasteiger partial charge in [0.15, 0.2) is 0 Å². The van der Waals surface area contributed by atoms with Gasteiger partial charge in [0.2, 0.25) is 0 Å². The van der Waals surface area contributed by atoms with Gasteiger partial charge in [0.1, 0.15) is 6.17 Å². The van der Waals surface area contributed by atoms with Crippen LogP contribution in [0.1, 0.15) is 82.8 Å². The smallest absolute Gasteiger partial charge is 0.247 e. The fourth-order valence-electron chi connectivity index (χ4n) is 4.57. The van der Waals surface area contributed by atoms with Crippen molar-refractivity contribution in [1.29, 1.82) is 0 Å². The molecule has 0 heterocycles. The Labute approximate surface area is 176 Å². The Bertz CT molecular complexity index is 614. The third-order valence-corrected chi connectivity index (χ3v) is 6.79. The van der Waals surface area contributed by atoms with E-state index in [0.29, 0.717) is 5.92 Å². The molecule has 6 heteroatoms. The summed E-state index contributed by atoms with van der Waals surface area (Å²) in [5.74, 6) is -4.00. The van der Waals surface area contributed by atoms with Crippen LogP contribution in [-0.2, 0) is 12.3 Å². The Morgan fingerprint density at radius 2 is 1.47 bits per heavy atom. The summed E-state index contributed by atoms with van der Waals surface area (Å²) < 4.78 is 81.1. The van der Waals surface area contributed by atoms with Crippen LogP contribution in [-0.4, -0.2) is 12.3 Å². The summed E-state index contributed by atoms with van der Waals surface area (Å²) in [5, 5.41) is 0. The van der Waals surface area contributed by atoms with E-state index in [1.165, 1.54) is 51.2 Å². The van der Waals surface area contributed by atoms with Crippen molar-refractivity contribution in [2.24, 2.45) is 17.8 Å². The van der Waals surface area contributed by atoms with Gasteiger partial charge in [0.05, 0.1) is 5.92 Å². The van der Waals surface area contributed by atoms with Gasteiger partial charge in [0, 0.05) is 12.0 Å². The first kappa shape index (κ1) is 25.1. The van der Waals surface area contributed by atoms with Crippen molar-refractivity contribution in [2.75, 3.05) is 0 Å². The Morgan fingerprint density at radius 1 is 0.900 bits per heavy atom. The number of halogens is 6. The zero-order valence-electron chi connectivity index (χ0n) is 18.0. The minimum Gasteiger partial charge on any atom is -0.247 e. The Kier molecular flexibility index (Phi) is 9.11. The highest BCUT2D eigenvalue weighted by molar-refractivity contribution is 5.26. The van der Waals surface area contributed by atoms with Crippen LogP contribution in [0.25, 0.3) is 0 Å². The summed E-state index contributed by atoms with van der Waals surface area (Å²) in [7, 11) is 0. The highest BCUT2D eigenvalue weighted by atomic mass is 19.4. The van der Waals surface area contributed by atoms with E-state index in [2.05, 4.69) is 6.92 Å². The lowest BCUT2D eigenvalue weighted by Crippen LogP contribution is -2.32. The summed E-state index contributed by atoms with van der Waals surface area (Å²) in [4.78, 5) is 0. The van der Waals surface area contributed by atoms with E-state index in [1.54, 1.807) is 12.1 Å². The molecule has 0 N–H and O–H groups in total. The zero-order valence-corrected chi connectivity index (χ0v) is 18.0. The van der Waals surface area contributed by atoms with Crippen LogP contribution >= 0.6 is 0 Å². The van der Waals surface area contributed by atoms with Crippen LogP contribution in [0.3, 0.4) is 0 Å². The van der Waals surface area contributed by atoms with E-state index < -0.39 is 43.5 Å². The lowest BCUT2D eigenvalue weighted by Gasteiger charge is -2.27. The quantitative estimate of drug-likeness (QED) is 0.322. The Morgan fingerprint density at radius 3 is 1.97 bits per heavy atom. The van der Waals surface area contributed by atoms with E-state index in [-0.39, 0.29) is 5.56 Å².